The summed E-state index contributed by atoms with van der Waals surface area (Å²) in [5.74, 6) is 0.00249. The summed E-state index contributed by atoms with van der Waals surface area (Å²) in [6.07, 6.45) is 1.47. The molecule has 1 N–H and O–H groups in total. The molecule has 0 bridgehead atoms. The molecule has 0 atom stereocenters. The molecule has 1 amide bonds. The zero-order chi connectivity index (χ0) is 12.5. The number of para-hydroxylation sites is 1. The monoisotopic (exact) mass is 258 g/mol. The van der Waals surface area contributed by atoms with Crippen LogP contribution in [0.4, 0.5) is 5.13 Å². The number of aromatic nitrogens is 1. The third-order valence-corrected chi connectivity index (χ3v) is 3.52. The molecule has 2 heterocycles. The number of carbonyl (C=O) groups is 1. The number of rotatable bonds is 2. The lowest BCUT2D eigenvalue weighted by Gasteiger charge is -1.96. The minimum Gasteiger partial charge on any atom is -0.459 e. The highest BCUT2D eigenvalue weighted by Crippen LogP contribution is 2.28. The number of amides is 1. The molecule has 0 fully saturated rings. The summed E-state index contributed by atoms with van der Waals surface area (Å²) >= 11 is 1.45. The molecule has 0 aliphatic heterocycles. The van der Waals surface area contributed by atoms with Gasteiger partial charge in [0.25, 0.3) is 5.91 Å². The van der Waals surface area contributed by atoms with Crippen LogP contribution in [0.1, 0.15) is 16.1 Å². The van der Waals surface area contributed by atoms with Crippen molar-refractivity contribution in [2.24, 2.45) is 0 Å². The molecule has 0 aliphatic rings. The summed E-state index contributed by atoms with van der Waals surface area (Å²) in [5, 5.41) is 3.32. The first kappa shape index (κ1) is 11.0. The molecule has 2 aromatic heterocycles. The van der Waals surface area contributed by atoms with Crippen molar-refractivity contribution < 1.29 is 9.21 Å². The van der Waals surface area contributed by atoms with Crippen LogP contribution in [0.3, 0.4) is 0 Å². The van der Waals surface area contributed by atoms with E-state index in [4.69, 9.17) is 4.42 Å². The predicted octanol–water partition coefficient (Wildman–Crippen LogP) is 3.45. The van der Waals surface area contributed by atoms with E-state index in [0.29, 0.717) is 5.13 Å². The highest BCUT2D eigenvalue weighted by atomic mass is 32.1. The zero-order valence-electron chi connectivity index (χ0n) is 9.64. The van der Waals surface area contributed by atoms with E-state index >= 15 is 0 Å². The smallest absolute Gasteiger partial charge is 0.293 e. The third kappa shape index (κ3) is 1.89. The number of hydrogen-bond donors (Lipinski definition) is 1. The van der Waals surface area contributed by atoms with Gasteiger partial charge in [0.2, 0.25) is 0 Å². The summed E-state index contributed by atoms with van der Waals surface area (Å²) in [5.41, 5.74) is 2.03. The molecule has 18 heavy (non-hydrogen) atoms. The Bertz CT molecular complexity index is 701. The molecule has 4 nitrogen and oxygen atoms in total. The van der Waals surface area contributed by atoms with Gasteiger partial charge in [0.05, 0.1) is 16.5 Å². The van der Waals surface area contributed by atoms with Gasteiger partial charge in [-0.15, -0.1) is 0 Å². The Morgan fingerprint density at radius 1 is 1.33 bits per heavy atom. The SMILES string of the molecule is Cc1cccc2sc(NC(=O)c3ccco3)nc12. The van der Waals surface area contributed by atoms with Crippen LogP contribution in [-0.4, -0.2) is 10.9 Å². The number of nitrogens with zero attached hydrogens (tertiary/aromatic N) is 1. The van der Waals surface area contributed by atoms with E-state index in [1.807, 2.05) is 25.1 Å². The van der Waals surface area contributed by atoms with Gasteiger partial charge in [0, 0.05) is 0 Å². The Morgan fingerprint density at radius 2 is 2.22 bits per heavy atom. The quantitative estimate of drug-likeness (QED) is 0.766. The van der Waals surface area contributed by atoms with Gasteiger partial charge in [-0.2, -0.15) is 0 Å². The van der Waals surface area contributed by atoms with E-state index < -0.39 is 0 Å². The zero-order valence-corrected chi connectivity index (χ0v) is 10.5. The van der Waals surface area contributed by atoms with Gasteiger partial charge in [0.1, 0.15) is 0 Å². The molecule has 5 heteroatoms. The number of fused-ring (bicyclic) bond motifs is 1. The minimum absolute atomic E-state index is 0.281. The summed E-state index contributed by atoms with van der Waals surface area (Å²) in [4.78, 5) is 16.2. The van der Waals surface area contributed by atoms with Crippen LogP contribution in [0.15, 0.2) is 41.0 Å². The Kier molecular flexibility index (Phi) is 2.60. The third-order valence-electron chi connectivity index (χ3n) is 2.59. The van der Waals surface area contributed by atoms with Crippen molar-refractivity contribution in [3.63, 3.8) is 0 Å². The second-order valence-corrected chi connectivity index (χ2v) is 4.90. The largest absolute Gasteiger partial charge is 0.459 e. The Labute approximate surface area is 107 Å². The first-order chi connectivity index (χ1) is 8.74. The maximum atomic E-state index is 11.8. The second-order valence-electron chi connectivity index (χ2n) is 3.87. The van der Waals surface area contributed by atoms with Crippen molar-refractivity contribution in [1.82, 2.24) is 4.98 Å². The standard InChI is InChI=1S/C13H10N2O2S/c1-8-4-2-6-10-11(8)14-13(18-10)15-12(16)9-5-3-7-17-9/h2-7H,1H3,(H,14,15,16). The highest BCUT2D eigenvalue weighted by Gasteiger charge is 2.12. The van der Waals surface area contributed by atoms with E-state index in [0.717, 1.165) is 15.8 Å². The number of hydrogen-bond acceptors (Lipinski definition) is 4. The number of carbonyl (C=O) groups excluding carboxylic acids is 1. The van der Waals surface area contributed by atoms with E-state index in [1.165, 1.54) is 17.6 Å². The molecule has 0 spiro atoms. The lowest BCUT2D eigenvalue weighted by Crippen LogP contribution is -2.10. The Balaban J connectivity index is 1.92. The van der Waals surface area contributed by atoms with Crippen LogP contribution in [0, 0.1) is 6.92 Å². The van der Waals surface area contributed by atoms with E-state index in [2.05, 4.69) is 10.3 Å². The first-order valence-corrected chi connectivity index (χ1v) is 6.27. The maximum Gasteiger partial charge on any atom is 0.293 e. The van der Waals surface area contributed by atoms with E-state index in [1.54, 1.807) is 12.1 Å². The molecule has 90 valence electrons. The summed E-state index contributed by atoms with van der Waals surface area (Å²) in [7, 11) is 0. The average Bonchev–Trinajstić information content (AvgIpc) is 2.97. The first-order valence-electron chi connectivity index (χ1n) is 5.45. The van der Waals surface area contributed by atoms with Crippen LogP contribution >= 0.6 is 11.3 Å². The molecule has 1 aromatic carbocycles. The van der Waals surface area contributed by atoms with Gasteiger partial charge >= 0.3 is 0 Å². The number of furan rings is 1. The lowest BCUT2D eigenvalue weighted by atomic mass is 10.2. The van der Waals surface area contributed by atoms with Gasteiger partial charge in [0.15, 0.2) is 10.9 Å². The molecule has 0 saturated heterocycles. The van der Waals surface area contributed by atoms with Crippen molar-refractivity contribution in [3.05, 3.63) is 47.9 Å². The Hall–Kier alpha value is -2.14. The molecule has 0 unspecified atom stereocenters. The number of benzene rings is 1. The van der Waals surface area contributed by atoms with E-state index in [9.17, 15) is 4.79 Å². The van der Waals surface area contributed by atoms with Gasteiger partial charge in [-0.05, 0) is 30.7 Å². The minimum atomic E-state index is -0.281. The number of thiazole rings is 1. The van der Waals surface area contributed by atoms with Gasteiger partial charge in [-0.25, -0.2) is 4.98 Å². The average molecular weight is 258 g/mol. The molecule has 0 radical (unpaired) electrons. The van der Waals surface area contributed by atoms with Crippen molar-refractivity contribution in [2.75, 3.05) is 5.32 Å². The summed E-state index contributed by atoms with van der Waals surface area (Å²) in [6.45, 7) is 2.00. The van der Waals surface area contributed by atoms with Crippen molar-refractivity contribution in [2.45, 2.75) is 6.92 Å². The number of aryl methyl sites for hydroxylation is 1. The molecule has 0 saturated carbocycles. The summed E-state index contributed by atoms with van der Waals surface area (Å²) < 4.78 is 6.09. The lowest BCUT2D eigenvalue weighted by molar-refractivity contribution is 0.0996. The normalized spacial score (nSPS) is 10.7. The van der Waals surface area contributed by atoms with Gasteiger partial charge in [-0.3, -0.25) is 10.1 Å². The topological polar surface area (TPSA) is 55.1 Å². The van der Waals surface area contributed by atoms with Crippen LogP contribution in [0.2, 0.25) is 0 Å². The van der Waals surface area contributed by atoms with Crippen molar-refractivity contribution >= 4 is 32.6 Å². The number of anilines is 1. The fourth-order valence-electron chi connectivity index (χ4n) is 1.71. The van der Waals surface area contributed by atoms with Gasteiger partial charge in [-0.1, -0.05) is 23.5 Å². The molecule has 3 rings (SSSR count). The maximum absolute atomic E-state index is 11.8. The van der Waals surface area contributed by atoms with E-state index in [-0.39, 0.29) is 11.7 Å². The van der Waals surface area contributed by atoms with Crippen molar-refractivity contribution in [1.29, 1.82) is 0 Å². The van der Waals surface area contributed by atoms with Gasteiger partial charge < -0.3 is 4.42 Å². The second kappa shape index (κ2) is 4.27. The number of nitrogens with one attached hydrogen (secondary N) is 1. The molecule has 3 aromatic rings. The van der Waals surface area contributed by atoms with Crippen molar-refractivity contribution in [3.8, 4) is 0 Å². The molecular weight excluding hydrogens is 248 g/mol. The van der Waals surface area contributed by atoms with Crippen LogP contribution < -0.4 is 5.32 Å². The fraction of sp³-hybridized carbons (Fsp3) is 0.0769. The van der Waals surface area contributed by atoms with Crippen LogP contribution in [-0.2, 0) is 0 Å². The Morgan fingerprint density at radius 3 is 2.94 bits per heavy atom. The van der Waals surface area contributed by atoms with Crippen LogP contribution in [0.5, 0.6) is 0 Å². The molecular formula is C13H10N2O2S. The summed E-state index contributed by atoms with van der Waals surface area (Å²) in [6, 6.07) is 9.27. The fourth-order valence-corrected chi connectivity index (χ4v) is 2.65. The predicted molar refractivity (Wildman–Crippen MR) is 71.0 cm³/mol. The molecule has 0 aliphatic carbocycles. The highest BCUT2D eigenvalue weighted by molar-refractivity contribution is 7.22. The van der Waals surface area contributed by atoms with Crippen LogP contribution in [0.25, 0.3) is 10.2 Å².